The number of hydrogen-bond acceptors (Lipinski definition) is 3. The van der Waals surface area contributed by atoms with Crippen molar-refractivity contribution in [2.45, 2.75) is 6.54 Å². The second-order valence-corrected chi connectivity index (χ2v) is 4.52. The van der Waals surface area contributed by atoms with Gasteiger partial charge in [0.25, 0.3) is 0 Å². The van der Waals surface area contributed by atoms with Crippen LogP contribution in [0, 0.1) is 4.64 Å². The summed E-state index contributed by atoms with van der Waals surface area (Å²) >= 11 is 11.2. The maximum Gasteiger partial charge on any atom is 0.103 e. The average molecular weight is 244 g/mol. The third-order valence-electron chi connectivity index (χ3n) is 2.53. The molecule has 15 heavy (non-hydrogen) atoms. The number of piperazine rings is 1. The van der Waals surface area contributed by atoms with Crippen molar-refractivity contribution >= 4 is 23.8 Å². The molecule has 0 bridgehead atoms. The molecule has 0 aromatic carbocycles. The van der Waals surface area contributed by atoms with Crippen LogP contribution in [-0.2, 0) is 6.54 Å². The van der Waals surface area contributed by atoms with Crippen LogP contribution >= 0.6 is 23.8 Å². The van der Waals surface area contributed by atoms with E-state index in [1.807, 2.05) is 12.1 Å². The van der Waals surface area contributed by atoms with Crippen LogP contribution in [0.15, 0.2) is 12.1 Å². The SMILES string of the molecule is S=c1ccc(Cl)c(CN2CCNCC2)[nH]1. The van der Waals surface area contributed by atoms with Crippen molar-refractivity contribution in [2.75, 3.05) is 26.2 Å². The summed E-state index contributed by atoms with van der Waals surface area (Å²) in [5, 5.41) is 4.09. The van der Waals surface area contributed by atoms with E-state index < -0.39 is 0 Å². The molecule has 5 heteroatoms. The molecule has 0 spiro atoms. The van der Waals surface area contributed by atoms with Gasteiger partial charge in [-0.3, -0.25) is 4.90 Å². The standard InChI is InChI=1S/C10H14ClN3S/c11-8-1-2-10(15)13-9(8)7-14-5-3-12-4-6-14/h1-2,12H,3-7H2,(H,13,15). The van der Waals surface area contributed by atoms with Gasteiger partial charge in [0.2, 0.25) is 0 Å². The van der Waals surface area contributed by atoms with Gasteiger partial charge in [-0.15, -0.1) is 0 Å². The van der Waals surface area contributed by atoms with Crippen LogP contribution < -0.4 is 5.32 Å². The first kappa shape index (κ1) is 11.1. The van der Waals surface area contributed by atoms with Crippen LogP contribution in [0.25, 0.3) is 0 Å². The molecule has 0 amide bonds. The van der Waals surface area contributed by atoms with Gasteiger partial charge in [0.1, 0.15) is 4.64 Å². The molecule has 0 saturated carbocycles. The van der Waals surface area contributed by atoms with Crippen LogP contribution in [0.2, 0.25) is 5.02 Å². The van der Waals surface area contributed by atoms with Crippen LogP contribution in [-0.4, -0.2) is 36.1 Å². The van der Waals surface area contributed by atoms with Crippen LogP contribution in [0.1, 0.15) is 5.69 Å². The van der Waals surface area contributed by atoms with E-state index in [1.165, 1.54) is 0 Å². The normalized spacial score (nSPS) is 17.9. The van der Waals surface area contributed by atoms with Gasteiger partial charge >= 0.3 is 0 Å². The quantitative estimate of drug-likeness (QED) is 0.777. The van der Waals surface area contributed by atoms with E-state index in [-0.39, 0.29) is 0 Å². The molecule has 1 saturated heterocycles. The van der Waals surface area contributed by atoms with E-state index >= 15 is 0 Å². The number of nitrogens with zero attached hydrogens (tertiary/aromatic N) is 1. The fourth-order valence-electron chi connectivity index (χ4n) is 1.71. The largest absolute Gasteiger partial charge is 0.348 e. The fraction of sp³-hybridized carbons (Fsp3) is 0.500. The number of pyridine rings is 1. The number of aromatic amines is 1. The summed E-state index contributed by atoms with van der Waals surface area (Å²) in [5.74, 6) is 0. The molecule has 2 rings (SSSR count). The predicted molar refractivity (Wildman–Crippen MR) is 64.8 cm³/mol. The monoisotopic (exact) mass is 243 g/mol. The number of hydrogen-bond donors (Lipinski definition) is 2. The van der Waals surface area contributed by atoms with E-state index in [0.29, 0.717) is 0 Å². The zero-order chi connectivity index (χ0) is 10.7. The molecular weight excluding hydrogens is 230 g/mol. The Hall–Kier alpha value is -0.420. The predicted octanol–water partition coefficient (Wildman–Crippen LogP) is 1.80. The van der Waals surface area contributed by atoms with Crippen molar-refractivity contribution in [3.05, 3.63) is 27.5 Å². The highest BCUT2D eigenvalue weighted by Crippen LogP contribution is 2.15. The lowest BCUT2D eigenvalue weighted by Crippen LogP contribution is -2.43. The summed E-state index contributed by atoms with van der Waals surface area (Å²) in [7, 11) is 0. The van der Waals surface area contributed by atoms with Crippen molar-refractivity contribution in [3.63, 3.8) is 0 Å². The first-order valence-corrected chi connectivity index (χ1v) is 5.85. The highest BCUT2D eigenvalue weighted by atomic mass is 35.5. The third-order valence-corrected chi connectivity index (χ3v) is 3.13. The summed E-state index contributed by atoms with van der Waals surface area (Å²) in [4.78, 5) is 5.51. The fourth-order valence-corrected chi connectivity index (χ4v) is 2.07. The minimum absolute atomic E-state index is 0.740. The van der Waals surface area contributed by atoms with Gasteiger partial charge in [0, 0.05) is 38.4 Å². The molecular formula is C10H14ClN3S. The molecule has 2 N–H and O–H groups in total. The van der Waals surface area contributed by atoms with Gasteiger partial charge in [0.05, 0.1) is 5.02 Å². The highest BCUT2D eigenvalue weighted by Gasteiger charge is 2.11. The van der Waals surface area contributed by atoms with Crippen molar-refractivity contribution in [1.82, 2.24) is 15.2 Å². The Morgan fingerprint density at radius 2 is 2.07 bits per heavy atom. The lowest BCUT2D eigenvalue weighted by molar-refractivity contribution is 0.231. The van der Waals surface area contributed by atoms with E-state index in [9.17, 15) is 0 Å². The van der Waals surface area contributed by atoms with E-state index in [0.717, 1.165) is 48.1 Å². The molecule has 1 aliphatic heterocycles. The van der Waals surface area contributed by atoms with Crippen molar-refractivity contribution in [3.8, 4) is 0 Å². The summed E-state index contributed by atoms with van der Waals surface area (Å²) < 4.78 is 0.740. The molecule has 1 fully saturated rings. The number of H-pyrrole nitrogens is 1. The van der Waals surface area contributed by atoms with Gasteiger partial charge in [-0.05, 0) is 12.1 Å². The lowest BCUT2D eigenvalue weighted by atomic mass is 10.3. The summed E-state index contributed by atoms with van der Waals surface area (Å²) in [6.07, 6.45) is 0. The van der Waals surface area contributed by atoms with Gasteiger partial charge in [-0.25, -0.2) is 0 Å². The average Bonchev–Trinajstić information content (AvgIpc) is 2.25. The van der Waals surface area contributed by atoms with Crippen LogP contribution in [0.4, 0.5) is 0 Å². The Morgan fingerprint density at radius 3 is 2.80 bits per heavy atom. The van der Waals surface area contributed by atoms with E-state index in [2.05, 4.69) is 15.2 Å². The molecule has 2 heterocycles. The smallest absolute Gasteiger partial charge is 0.103 e. The second kappa shape index (κ2) is 5.07. The first-order chi connectivity index (χ1) is 7.25. The number of halogens is 1. The van der Waals surface area contributed by atoms with Crippen LogP contribution in [0.3, 0.4) is 0 Å². The molecule has 1 aromatic rings. The lowest BCUT2D eigenvalue weighted by Gasteiger charge is -2.27. The molecule has 0 unspecified atom stereocenters. The topological polar surface area (TPSA) is 31.1 Å². The Labute approximate surface area is 99.4 Å². The molecule has 82 valence electrons. The molecule has 3 nitrogen and oxygen atoms in total. The summed E-state index contributed by atoms with van der Waals surface area (Å²) in [6.45, 7) is 5.07. The Morgan fingerprint density at radius 1 is 1.33 bits per heavy atom. The molecule has 0 aliphatic carbocycles. The molecule has 0 radical (unpaired) electrons. The van der Waals surface area contributed by atoms with Crippen molar-refractivity contribution in [2.24, 2.45) is 0 Å². The third kappa shape index (κ3) is 3.01. The van der Waals surface area contributed by atoms with E-state index in [1.54, 1.807) is 0 Å². The maximum absolute atomic E-state index is 6.10. The minimum Gasteiger partial charge on any atom is -0.348 e. The van der Waals surface area contributed by atoms with Gasteiger partial charge in [-0.1, -0.05) is 23.8 Å². The second-order valence-electron chi connectivity index (χ2n) is 3.68. The zero-order valence-corrected chi connectivity index (χ0v) is 10.00. The molecule has 0 atom stereocenters. The first-order valence-electron chi connectivity index (χ1n) is 5.06. The summed E-state index contributed by atoms with van der Waals surface area (Å²) in [5.41, 5.74) is 1.02. The molecule has 1 aliphatic rings. The maximum atomic E-state index is 6.10. The summed E-state index contributed by atoms with van der Waals surface area (Å²) in [6, 6.07) is 3.68. The number of aromatic nitrogens is 1. The Balaban J connectivity index is 2.08. The van der Waals surface area contributed by atoms with Gasteiger partial charge in [0.15, 0.2) is 0 Å². The Bertz CT molecular complexity index is 384. The van der Waals surface area contributed by atoms with Crippen LogP contribution in [0.5, 0.6) is 0 Å². The van der Waals surface area contributed by atoms with E-state index in [4.69, 9.17) is 23.8 Å². The molecule has 1 aromatic heterocycles. The van der Waals surface area contributed by atoms with Gasteiger partial charge < -0.3 is 10.3 Å². The van der Waals surface area contributed by atoms with Crippen molar-refractivity contribution < 1.29 is 0 Å². The van der Waals surface area contributed by atoms with Crippen molar-refractivity contribution in [1.29, 1.82) is 0 Å². The minimum atomic E-state index is 0.740. The zero-order valence-electron chi connectivity index (χ0n) is 8.42. The van der Waals surface area contributed by atoms with Gasteiger partial charge in [-0.2, -0.15) is 0 Å². The Kier molecular flexibility index (Phi) is 3.75. The number of rotatable bonds is 2. The number of nitrogens with one attached hydrogen (secondary N) is 2. The highest BCUT2D eigenvalue weighted by molar-refractivity contribution is 7.71.